The summed E-state index contributed by atoms with van der Waals surface area (Å²) < 4.78 is 11.9. The molecule has 0 aromatic heterocycles. The Kier molecular flexibility index (Phi) is 7.41. The van der Waals surface area contributed by atoms with Gasteiger partial charge < -0.3 is 35.0 Å². The number of aliphatic hydroxyl groups is 2. The van der Waals surface area contributed by atoms with Gasteiger partial charge in [-0.05, 0) is 48.2 Å². The minimum atomic E-state index is -0.773. The number of ether oxygens (including phenoxy) is 2. The first kappa shape index (κ1) is 23.8. The fourth-order valence-corrected chi connectivity index (χ4v) is 4.74. The summed E-state index contributed by atoms with van der Waals surface area (Å²) in [5.41, 5.74) is 2.31. The zero-order valence-electron chi connectivity index (χ0n) is 18.3. The average molecular weight is 477 g/mol. The number of nitrogens with one attached hydrogen (secondary N) is 1. The molecule has 1 atom stereocenters. The van der Waals surface area contributed by atoms with Crippen molar-refractivity contribution in [2.24, 2.45) is 0 Å². The molecule has 1 amide bonds. The molecule has 1 saturated heterocycles. The van der Waals surface area contributed by atoms with E-state index >= 15 is 0 Å². The van der Waals surface area contributed by atoms with Gasteiger partial charge in [0.2, 0.25) is 0 Å². The number of aliphatic hydroxyl groups excluding tert-OH is 2. The molecule has 0 radical (unpaired) electrons. The van der Waals surface area contributed by atoms with Gasteiger partial charge in [0, 0.05) is 37.3 Å². The summed E-state index contributed by atoms with van der Waals surface area (Å²) in [4.78, 5) is 14.4. The van der Waals surface area contributed by atoms with Crippen LogP contribution in [0.2, 0.25) is 5.02 Å². The van der Waals surface area contributed by atoms with Gasteiger partial charge in [0.05, 0.1) is 24.4 Å². The highest BCUT2D eigenvalue weighted by Crippen LogP contribution is 2.44. The molecule has 2 aliphatic heterocycles. The van der Waals surface area contributed by atoms with Gasteiger partial charge in [-0.25, -0.2) is 0 Å². The smallest absolute Gasteiger partial charge is 0.255 e. The Morgan fingerprint density at radius 1 is 1.24 bits per heavy atom. The highest BCUT2D eigenvalue weighted by atomic mass is 35.5. The van der Waals surface area contributed by atoms with Crippen molar-refractivity contribution < 1.29 is 29.6 Å². The second kappa shape index (κ2) is 10.3. The number of likely N-dealkylation sites (tertiary alicyclic amines) is 1. The molecule has 1 unspecified atom stereocenters. The minimum Gasteiger partial charge on any atom is -0.508 e. The predicted octanol–water partition coefficient (Wildman–Crippen LogP) is 2.03. The molecule has 2 aliphatic rings. The SMILES string of the molecule is O=C(NCCO)c1ccc(O)cc1OCC(O)CN1CCC2(CC1)OCc1cc(Cl)ccc12. The third kappa shape index (κ3) is 5.42. The number of phenolic OH excluding ortho intramolecular Hbond substituents is 1. The van der Waals surface area contributed by atoms with Gasteiger partial charge in [0.1, 0.15) is 24.2 Å². The maximum absolute atomic E-state index is 12.3. The van der Waals surface area contributed by atoms with Crippen LogP contribution < -0.4 is 10.1 Å². The number of piperidine rings is 1. The number of amides is 1. The molecule has 2 aromatic carbocycles. The lowest BCUT2D eigenvalue weighted by Gasteiger charge is -2.39. The Balaban J connectivity index is 1.30. The van der Waals surface area contributed by atoms with Crippen LogP contribution in [0.5, 0.6) is 11.5 Å². The van der Waals surface area contributed by atoms with Crippen molar-refractivity contribution in [3.63, 3.8) is 0 Å². The Hall–Kier alpha value is -2.36. The van der Waals surface area contributed by atoms with E-state index in [0.29, 0.717) is 13.2 Å². The molecule has 4 N–H and O–H groups in total. The number of carbonyl (C=O) groups excluding carboxylic acids is 1. The number of hydrogen-bond donors (Lipinski definition) is 4. The topological polar surface area (TPSA) is 111 Å². The van der Waals surface area contributed by atoms with E-state index in [9.17, 15) is 15.0 Å². The van der Waals surface area contributed by atoms with Gasteiger partial charge in [0.25, 0.3) is 5.91 Å². The van der Waals surface area contributed by atoms with Gasteiger partial charge >= 0.3 is 0 Å². The average Bonchev–Trinajstić information content (AvgIpc) is 3.14. The van der Waals surface area contributed by atoms with Crippen molar-refractivity contribution in [2.45, 2.75) is 31.2 Å². The zero-order valence-corrected chi connectivity index (χ0v) is 19.1. The van der Waals surface area contributed by atoms with Crippen molar-refractivity contribution >= 4 is 17.5 Å². The molecule has 178 valence electrons. The maximum Gasteiger partial charge on any atom is 0.255 e. The number of halogens is 1. The Morgan fingerprint density at radius 3 is 2.79 bits per heavy atom. The molecule has 2 heterocycles. The number of β-amino-alcohol motifs (C(OH)–C–C–N with tert-alkyl or cyclic N) is 1. The summed E-state index contributed by atoms with van der Waals surface area (Å²) in [5.74, 6) is -0.289. The van der Waals surface area contributed by atoms with Crippen LogP contribution >= 0.6 is 11.6 Å². The van der Waals surface area contributed by atoms with E-state index in [1.807, 2.05) is 12.1 Å². The normalized spacial score (nSPS) is 18.2. The summed E-state index contributed by atoms with van der Waals surface area (Å²) in [5, 5.41) is 32.5. The minimum absolute atomic E-state index is 0.0246. The molecule has 1 fully saturated rings. The van der Waals surface area contributed by atoms with Crippen LogP contribution in [0, 0.1) is 0 Å². The van der Waals surface area contributed by atoms with E-state index in [-0.39, 0.29) is 42.4 Å². The third-order valence-corrected chi connectivity index (χ3v) is 6.47. The maximum atomic E-state index is 12.3. The molecular weight excluding hydrogens is 448 g/mol. The van der Waals surface area contributed by atoms with Gasteiger partial charge in [-0.2, -0.15) is 0 Å². The van der Waals surface area contributed by atoms with Gasteiger partial charge in [0.15, 0.2) is 0 Å². The number of phenols is 1. The highest BCUT2D eigenvalue weighted by molar-refractivity contribution is 6.30. The van der Waals surface area contributed by atoms with Crippen LogP contribution in [0.4, 0.5) is 0 Å². The van der Waals surface area contributed by atoms with Gasteiger partial charge in [-0.1, -0.05) is 17.7 Å². The van der Waals surface area contributed by atoms with E-state index in [2.05, 4.69) is 16.3 Å². The number of rotatable bonds is 8. The first-order chi connectivity index (χ1) is 15.9. The van der Waals surface area contributed by atoms with E-state index in [0.717, 1.165) is 36.5 Å². The third-order valence-electron chi connectivity index (χ3n) is 6.23. The lowest BCUT2D eigenvalue weighted by atomic mass is 9.84. The molecule has 2 aromatic rings. The van der Waals surface area contributed by atoms with Crippen molar-refractivity contribution in [2.75, 3.05) is 39.4 Å². The quantitative estimate of drug-likeness (QED) is 0.461. The van der Waals surface area contributed by atoms with E-state index in [1.165, 1.54) is 23.8 Å². The molecule has 33 heavy (non-hydrogen) atoms. The van der Waals surface area contributed by atoms with Crippen LogP contribution in [-0.2, 0) is 16.9 Å². The number of benzene rings is 2. The second-order valence-corrected chi connectivity index (χ2v) is 8.95. The first-order valence-electron chi connectivity index (χ1n) is 11.1. The summed E-state index contributed by atoms with van der Waals surface area (Å²) >= 11 is 6.11. The Labute approximate surface area is 197 Å². The van der Waals surface area contributed by atoms with Gasteiger partial charge in [-0.15, -0.1) is 0 Å². The second-order valence-electron chi connectivity index (χ2n) is 8.51. The molecule has 4 rings (SSSR count). The molecule has 0 bridgehead atoms. The number of carbonyl (C=O) groups is 1. The molecule has 0 aliphatic carbocycles. The molecule has 8 nitrogen and oxygen atoms in total. The van der Waals surface area contributed by atoms with Gasteiger partial charge in [-0.3, -0.25) is 4.79 Å². The summed E-state index contributed by atoms with van der Waals surface area (Å²) in [7, 11) is 0. The standard InChI is InChI=1S/C24H29ClN2O6/c25-17-1-4-21-16(11-17)14-33-24(21)5-8-27(9-6-24)13-19(30)15-32-22-12-18(29)2-3-20(22)23(31)26-7-10-28/h1-4,11-12,19,28-30H,5-10,13-15H2,(H,26,31). The van der Waals surface area contributed by atoms with Crippen molar-refractivity contribution in [3.8, 4) is 11.5 Å². The van der Waals surface area contributed by atoms with E-state index < -0.39 is 12.0 Å². The van der Waals surface area contributed by atoms with Crippen LogP contribution in [0.3, 0.4) is 0 Å². The van der Waals surface area contributed by atoms with Crippen LogP contribution in [0.15, 0.2) is 36.4 Å². The highest BCUT2D eigenvalue weighted by Gasteiger charge is 2.42. The zero-order chi connectivity index (χ0) is 23.4. The predicted molar refractivity (Wildman–Crippen MR) is 123 cm³/mol. The molecule has 1 spiro atoms. The molecule has 9 heteroatoms. The lowest BCUT2D eigenvalue weighted by Crippen LogP contribution is -2.46. The van der Waals surface area contributed by atoms with Crippen LogP contribution in [-0.4, -0.2) is 71.6 Å². The fourth-order valence-electron chi connectivity index (χ4n) is 4.55. The van der Waals surface area contributed by atoms with Crippen LogP contribution in [0.1, 0.15) is 34.3 Å². The number of nitrogens with zero attached hydrogens (tertiary/aromatic N) is 1. The van der Waals surface area contributed by atoms with Crippen molar-refractivity contribution in [1.29, 1.82) is 0 Å². The van der Waals surface area contributed by atoms with E-state index in [4.69, 9.17) is 26.2 Å². The number of hydrogen-bond acceptors (Lipinski definition) is 7. The summed E-state index contributed by atoms with van der Waals surface area (Å²) in [6.07, 6.45) is 0.888. The molecule has 0 saturated carbocycles. The van der Waals surface area contributed by atoms with Crippen LogP contribution in [0.25, 0.3) is 0 Å². The monoisotopic (exact) mass is 476 g/mol. The summed E-state index contributed by atoms with van der Waals surface area (Å²) in [6, 6.07) is 10.1. The first-order valence-corrected chi connectivity index (χ1v) is 11.5. The van der Waals surface area contributed by atoms with Crippen molar-refractivity contribution in [1.82, 2.24) is 10.2 Å². The van der Waals surface area contributed by atoms with E-state index in [1.54, 1.807) is 0 Å². The lowest BCUT2D eigenvalue weighted by molar-refractivity contribution is -0.0835. The number of fused-ring (bicyclic) bond motifs is 2. The Morgan fingerprint density at radius 2 is 2.03 bits per heavy atom. The van der Waals surface area contributed by atoms with Crippen molar-refractivity contribution in [3.05, 3.63) is 58.1 Å². The fraction of sp³-hybridized carbons (Fsp3) is 0.458. The summed E-state index contributed by atoms with van der Waals surface area (Å²) in [6.45, 7) is 2.46. The Bertz CT molecular complexity index is 993. The molecular formula is C24H29ClN2O6. The number of aromatic hydroxyl groups is 1. The largest absolute Gasteiger partial charge is 0.508 e.